The quantitative estimate of drug-likeness (QED) is 0.652. The Labute approximate surface area is 88.3 Å². The molecule has 1 aromatic carbocycles. The second-order valence-electron chi connectivity index (χ2n) is 3.49. The summed E-state index contributed by atoms with van der Waals surface area (Å²) in [5.74, 6) is 0. The molecule has 0 atom stereocenters. The van der Waals surface area contributed by atoms with Crippen LogP contribution in [0.25, 0.3) is 11.0 Å². The van der Waals surface area contributed by atoms with Gasteiger partial charge in [0.25, 0.3) is 0 Å². The number of imidazole rings is 1. The van der Waals surface area contributed by atoms with E-state index in [0.717, 1.165) is 36.1 Å². The van der Waals surface area contributed by atoms with Gasteiger partial charge in [0.1, 0.15) is 0 Å². The van der Waals surface area contributed by atoms with Crippen molar-refractivity contribution in [3.05, 3.63) is 24.5 Å². The largest absolute Gasteiger partial charge is 0.396 e. The molecule has 0 saturated heterocycles. The number of anilines is 1. The van der Waals surface area contributed by atoms with Gasteiger partial charge in [-0.3, -0.25) is 0 Å². The summed E-state index contributed by atoms with van der Waals surface area (Å²) in [4.78, 5) is 7.22. The highest BCUT2D eigenvalue weighted by Crippen LogP contribution is 2.15. The molecule has 1 aromatic heterocycles. The molecule has 3 N–H and O–H groups in total. The topological polar surface area (TPSA) is 60.9 Å². The molecule has 15 heavy (non-hydrogen) atoms. The lowest BCUT2D eigenvalue weighted by Crippen LogP contribution is -2.02. The van der Waals surface area contributed by atoms with Crippen LogP contribution in [0.3, 0.4) is 0 Å². The van der Waals surface area contributed by atoms with Gasteiger partial charge in [-0.2, -0.15) is 0 Å². The zero-order chi connectivity index (χ0) is 10.5. The van der Waals surface area contributed by atoms with E-state index in [2.05, 4.69) is 15.3 Å². The number of nitrogens with zero attached hydrogens (tertiary/aromatic N) is 1. The molecule has 0 bridgehead atoms. The van der Waals surface area contributed by atoms with Crippen LogP contribution < -0.4 is 5.32 Å². The molecule has 4 heteroatoms. The normalized spacial score (nSPS) is 10.7. The zero-order valence-electron chi connectivity index (χ0n) is 8.53. The van der Waals surface area contributed by atoms with Crippen molar-refractivity contribution in [1.82, 2.24) is 9.97 Å². The third kappa shape index (κ3) is 2.47. The van der Waals surface area contributed by atoms with Crippen LogP contribution in [0.4, 0.5) is 5.69 Å². The Morgan fingerprint density at radius 1 is 1.33 bits per heavy atom. The second kappa shape index (κ2) is 4.79. The SMILES string of the molecule is OCCCCNc1ccc2nc[nH]c2c1. The predicted octanol–water partition coefficient (Wildman–Crippen LogP) is 1.75. The highest BCUT2D eigenvalue weighted by molar-refractivity contribution is 5.78. The van der Waals surface area contributed by atoms with Crippen LogP contribution >= 0.6 is 0 Å². The monoisotopic (exact) mass is 205 g/mol. The highest BCUT2D eigenvalue weighted by Gasteiger charge is 1.97. The molecule has 0 radical (unpaired) electrons. The summed E-state index contributed by atoms with van der Waals surface area (Å²) < 4.78 is 0. The maximum absolute atomic E-state index is 8.64. The lowest BCUT2D eigenvalue weighted by atomic mass is 10.2. The smallest absolute Gasteiger partial charge is 0.0931 e. The van der Waals surface area contributed by atoms with Crippen LogP contribution in [0.5, 0.6) is 0 Å². The molecule has 0 fully saturated rings. The molecule has 0 spiro atoms. The molecule has 1 heterocycles. The first-order valence-electron chi connectivity index (χ1n) is 5.18. The minimum atomic E-state index is 0.265. The average Bonchev–Trinajstić information content (AvgIpc) is 2.71. The molecular weight excluding hydrogens is 190 g/mol. The first-order chi connectivity index (χ1) is 7.40. The molecule has 0 aliphatic rings. The second-order valence-corrected chi connectivity index (χ2v) is 3.49. The third-order valence-corrected chi connectivity index (χ3v) is 2.33. The van der Waals surface area contributed by atoms with Gasteiger partial charge in [-0.05, 0) is 31.0 Å². The van der Waals surface area contributed by atoms with Gasteiger partial charge < -0.3 is 15.4 Å². The summed E-state index contributed by atoms with van der Waals surface area (Å²) in [6.07, 6.45) is 3.52. The summed E-state index contributed by atoms with van der Waals surface area (Å²) >= 11 is 0. The van der Waals surface area contributed by atoms with Crippen molar-refractivity contribution in [2.75, 3.05) is 18.5 Å². The van der Waals surface area contributed by atoms with Gasteiger partial charge in [0, 0.05) is 18.8 Å². The number of unbranched alkanes of at least 4 members (excludes halogenated alkanes) is 1. The summed E-state index contributed by atoms with van der Waals surface area (Å²) in [6.45, 7) is 1.15. The Morgan fingerprint density at radius 2 is 2.27 bits per heavy atom. The molecule has 2 aromatic rings. The van der Waals surface area contributed by atoms with Gasteiger partial charge in [-0.25, -0.2) is 4.98 Å². The number of aromatic nitrogens is 2. The van der Waals surface area contributed by atoms with Crippen molar-refractivity contribution in [2.24, 2.45) is 0 Å². The first kappa shape index (κ1) is 9.98. The van der Waals surface area contributed by atoms with Crippen LogP contribution in [0.2, 0.25) is 0 Å². The summed E-state index contributed by atoms with van der Waals surface area (Å²) in [5, 5.41) is 11.9. The van der Waals surface area contributed by atoms with Gasteiger partial charge >= 0.3 is 0 Å². The Bertz CT molecular complexity index is 424. The van der Waals surface area contributed by atoms with Crippen molar-refractivity contribution in [1.29, 1.82) is 0 Å². The van der Waals surface area contributed by atoms with E-state index in [0.29, 0.717) is 0 Å². The molecule has 0 unspecified atom stereocenters. The van der Waals surface area contributed by atoms with Gasteiger partial charge in [-0.15, -0.1) is 0 Å². The third-order valence-electron chi connectivity index (χ3n) is 2.33. The van der Waals surface area contributed by atoms with Crippen molar-refractivity contribution in [3.8, 4) is 0 Å². The molecule has 0 aliphatic carbocycles. The van der Waals surface area contributed by atoms with Gasteiger partial charge in [0.2, 0.25) is 0 Å². The van der Waals surface area contributed by atoms with Crippen LogP contribution in [0.1, 0.15) is 12.8 Å². The van der Waals surface area contributed by atoms with Crippen molar-refractivity contribution < 1.29 is 5.11 Å². The number of aromatic amines is 1. The van der Waals surface area contributed by atoms with E-state index in [4.69, 9.17) is 5.11 Å². The molecule has 0 saturated carbocycles. The van der Waals surface area contributed by atoms with Crippen molar-refractivity contribution >= 4 is 16.7 Å². The molecule has 80 valence electrons. The number of aliphatic hydroxyl groups is 1. The minimum absolute atomic E-state index is 0.265. The van der Waals surface area contributed by atoms with E-state index in [1.807, 2.05) is 18.2 Å². The van der Waals surface area contributed by atoms with Crippen LogP contribution in [0.15, 0.2) is 24.5 Å². The summed E-state index contributed by atoms with van der Waals surface area (Å²) in [6, 6.07) is 6.05. The maximum atomic E-state index is 8.64. The van der Waals surface area contributed by atoms with E-state index in [1.165, 1.54) is 0 Å². The van der Waals surface area contributed by atoms with Crippen molar-refractivity contribution in [2.45, 2.75) is 12.8 Å². The molecule has 0 amide bonds. The molecule has 4 nitrogen and oxygen atoms in total. The molecule has 2 rings (SSSR count). The molecular formula is C11H15N3O. The number of fused-ring (bicyclic) bond motifs is 1. The van der Waals surface area contributed by atoms with Gasteiger partial charge in [0.05, 0.1) is 17.4 Å². The Kier molecular flexibility index (Phi) is 3.19. The van der Waals surface area contributed by atoms with Crippen LogP contribution in [-0.2, 0) is 0 Å². The van der Waals surface area contributed by atoms with E-state index >= 15 is 0 Å². The fourth-order valence-corrected chi connectivity index (χ4v) is 1.52. The van der Waals surface area contributed by atoms with Crippen molar-refractivity contribution in [3.63, 3.8) is 0 Å². The number of H-pyrrole nitrogens is 1. The van der Waals surface area contributed by atoms with E-state index < -0.39 is 0 Å². The number of nitrogens with one attached hydrogen (secondary N) is 2. The maximum Gasteiger partial charge on any atom is 0.0931 e. The lowest BCUT2D eigenvalue weighted by molar-refractivity contribution is 0.286. The fourth-order valence-electron chi connectivity index (χ4n) is 1.52. The van der Waals surface area contributed by atoms with E-state index in [9.17, 15) is 0 Å². The van der Waals surface area contributed by atoms with E-state index in [-0.39, 0.29) is 6.61 Å². The predicted molar refractivity (Wildman–Crippen MR) is 60.9 cm³/mol. The first-order valence-corrected chi connectivity index (χ1v) is 5.18. The number of aliphatic hydroxyl groups excluding tert-OH is 1. The lowest BCUT2D eigenvalue weighted by Gasteiger charge is -2.05. The zero-order valence-corrected chi connectivity index (χ0v) is 8.53. The van der Waals surface area contributed by atoms with Gasteiger partial charge in [0.15, 0.2) is 0 Å². The Balaban J connectivity index is 1.96. The Morgan fingerprint density at radius 3 is 3.13 bits per heavy atom. The molecule has 0 aliphatic heterocycles. The number of rotatable bonds is 5. The average molecular weight is 205 g/mol. The fraction of sp³-hybridized carbons (Fsp3) is 0.364. The Hall–Kier alpha value is -1.55. The van der Waals surface area contributed by atoms with Crippen LogP contribution in [-0.4, -0.2) is 28.2 Å². The standard InChI is InChI=1S/C11H15N3O/c15-6-2-1-5-12-9-3-4-10-11(7-9)14-8-13-10/h3-4,7-8,12,15H,1-2,5-6H2,(H,13,14). The summed E-state index contributed by atoms with van der Waals surface area (Å²) in [7, 11) is 0. The highest BCUT2D eigenvalue weighted by atomic mass is 16.2. The number of benzene rings is 1. The van der Waals surface area contributed by atoms with E-state index in [1.54, 1.807) is 6.33 Å². The minimum Gasteiger partial charge on any atom is -0.396 e. The van der Waals surface area contributed by atoms with Crippen LogP contribution in [0, 0.1) is 0 Å². The number of hydrogen-bond acceptors (Lipinski definition) is 3. The van der Waals surface area contributed by atoms with Gasteiger partial charge in [-0.1, -0.05) is 0 Å². The summed E-state index contributed by atoms with van der Waals surface area (Å²) in [5.41, 5.74) is 3.11. The number of hydrogen-bond donors (Lipinski definition) is 3.